The van der Waals surface area contributed by atoms with Gasteiger partial charge in [-0.25, -0.2) is 4.98 Å². The first-order chi connectivity index (χ1) is 13.6. The maximum atomic E-state index is 6.57. The highest BCUT2D eigenvalue weighted by Crippen LogP contribution is 2.39. The molecule has 0 N–H and O–H groups in total. The average Bonchev–Trinajstić information content (AvgIpc) is 3.19. The van der Waals surface area contributed by atoms with Crippen LogP contribution in [0.15, 0.2) is 43.0 Å². The zero-order valence-corrected chi connectivity index (χ0v) is 17.8. The highest BCUT2D eigenvalue weighted by Gasteiger charge is 2.44. The van der Waals surface area contributed by atoms with E-state index in [1.165, 1.54) is 30.4 Å². The number of hydrogen-bond donors (Lipinski definition) is 0. The molecular formula is C24H36N2O2. The molecule has 0 saturated carbocycles. The molecule has 0 radical (unpaired) electrons. The molecule has 1 aliphatic heterocycles. The van der Waals surface area contributed by atoms with Crippen LogP contribution in [0.4, 0.5) is 0 Å². The van der Waals surface area contributed by atoms with Crippen molar-refractivity contribution >= 4 is 0 Å². The van der Waals surface area contributed by atoms with E-state index in [-0.39, 0.29) is 5.41 Å². The number of rotatable bonds is 10. The van der Waals surface area contributed by atoms with E-state index >= 15 is 0 Å². The molecule has 0 unspecified atom stereocenters. The second-order valence-electron chi connectivity index (χ2n) is 8.47. The van der Waals surface area contributed by atoms with E-state index in [2.05, 4.69) is 54.6 Å². The Morgan fingerprint density at radius 1 is 0.929 bits per heavy atom. The molecule has 4 nitrogen and oxygen atoms in total. The summed E-state index contributed by atoms with van der Waals surface area (Å²) < 4.78 is 15.2. The number of benzene rings is 1. The lowest BCUT2D eigenvalue weighted by Crippen LogP contribution is -2.53. The van der Waals surface area contributed by atoms with Gasteiger partial charge in [0, 0.05) is 24.2 Å². The van der Waals surface area contributed by atoms with E-state index in [0.29, 0.717) is 6.54 Å². The van der Waals surface area contributed by atoms with Crippen molar-refractivity contribution in [2.75, 3.05) is 13.2 Å². The van der Waals surface area contributed by atoms with Crippen LogP contribution in [-0.2, 0) is 28.9 Å². The molecule has 4 heteroatoms. The van der Waals surface area contributed by atoms with Crippen LogP contribution in [0.25, 0.3) is 0 Å². The first-order valence-corrected chi connectivity index (χ1v) is 10.9. The number of hydrogen-bond acceptors (Lipinski definition) is 3. The Kier molecular flexibility index (Phi) is 7.30. The van der Waals surface area contributed by atoms with Gasteiger partial charge in [0.15, 0.2) is 5.79 Å². The second kappa shape index (κ2) is 9.71. The van der Waals surface area contributed by atoms with Crippen LogP contribution in [0.1, 0.15) is 64.0 Å². The van der Waals surface area contributed by atoms with Gasteiger partial charge in [-0.05, 0) is 30.4 Å². The molecule has 1 fully saturated rings. The van der Waals surface area contributed by atoms with Gasteiger partial charge in [0.2, 0.25) is 0 Å². The number of nitrogens with zero attached hydrogens (tertiary/aromatic N) is 2. The van der Waals surface area contributed by atoms with Gasteiger partial charge >= 0.3 is 0 Å². The third kappa shape index (κ3) is 5.24. The number of ether oxygens (including phenoxy) is 2. The maximum absolute atomic E-state index is 6.57. The number of aryl methyl sites for hydroxylation is 1. The molecule has 1 aromatic heterocycles. The van der Waals surface area contributed by atoms with E-state index in [1.807, 2.05) is 18.7 Å². The molecule has 0 atom stereocenters. The molecule has 3 rings (SSSR count). The summed E-state index contributed by atoms with van der Waals surface area (Å²) >= 11 is 0. The topological polar surface area (TPSA) is 36.3 Å². The lowest BCUT2D eigenvalue weighted by molar-refractivity contribution is -0.311. The monoisotopic (exact) mass is 384 g/mol. The summed E-state index contributed by atoms with van der Waals surface area (Å²) in [5, 5.41) is 0. The fourth-order valence-corrected chi connectivity index (χ4v) is 4.46. The Bertz CT molecular complexity index is 678. The SMILES string of the molecule is CCCc1ccc(CC2(Cn3ccnc3)OCC(CCC)(CCC)CO2)cc1. The largest absolute Gasteiger partial charge is 0.347 e. The minimum atomic E-state index is -0.627. The molecule has 1 aromatic carbocycles. The van der Waals surface area contributed by atoms with Gasteiger partial charge < -0.3 is 14.0 Å². The second-order valence-corrected chi connectivity index (χ2v) is 8.47. The zero-order chi connectivity index (χ0) is 19.9. The van der Waals surface area contributed by atoms with Crippen LogP contribution < -0.4 is 0 Å². The average molecular weight is 385 g/mol. The van der Waals surface area contributed by atoms with Crippen LogP contribution in [-0.4, -0.2) is 28.6 Å². The summed E-state index contributed by atoms with van der Waals surface area (Å²) in [6.07, 6.45) is 13.4. The Morgan fingerprint density at radius 3 is 2.11 bits per heavy atom. The molecule has 1 saturated heterocycles. The van der Waals surface area contributed by atoms with Gasteiger partial charge in [0.1, 0.15) is 0 Å². The first kappa shape index (κ1) is 21.1. The molecule has 154 valence electrons. The predicted molar refractivity (Wildman–Crippen MR) is 113 cm³/mol. The molecular weight excluding hydrogens is 348 g/mol. The standard InChI is InChI=1S/C24H36N2O2/c1-4-7-21-8-10-22(11-9-21)16-24(17-26-15-14-25-20-26)27-18-23(12-5-2,13-6-3)19-28-24/h8-11,14-15,20H,4-7,12-13,16-19H2,1-3H3. The van der Waals surface area contributed by atoms with Crippen molar-refractivity contribution in [3.05, 3.63) is 54.1 Å². The molecule has 1 aliphatic rings. The Balaban J connectivity index is 1.77. The van der Waals surface area contributed by atoms with Crippen molar-refractivity contribution in [3.8, 4) is 0 Å². The summed E-state index contributed by atoms with van der Waals surface area (Å²) in [5.74, 6) is -0.627. The minimum Gasteiger partial charge on any atom is -0.347 e. The van der Waals surface area contributed by atoms with Gasteiger partial charge in [-0.15, -0.1) is 0 Å². The molecule has 0 amide bonds. The van der Waals surface area contributed by atoms with Crippen LogP contribution in [0.2, 0.25) is 0 Å². The molecule has 0 spiro atoms. The van der Waals surface area contributed by atoms with Crippen molar-refractivity contribution in [1.82, 2.24) is 9.55 Å². The zero-order valence-electron chi connectivity index (χ0n) is 17.8. The molecule has 0 bridgehead atoms. The summed E-state index contributed by atoms with van der Waals surface area (Å²) in [6, 6.07) is 8.94. The normalized spacial score (nSPS) is 18.2. The van der Waals surface area contributed by atoms with Crippen LogP contribution >= 0.6 is 0 Å². The number of imidazole rings is 1. The summed E-state index contributed by atoms with van der Waals surface area (Å²) in [7, 11) is 0. The summed E-state index contributed by atoms with van der Waals surface area (Å²) in [4.78, 5) is 4.20. The van der Waals surface area contributed by atoms with E-state index in [9.17, 15) is 0 Å². The van der Waals surface area contributed by atoms with E-state index in [1.54, 1.807) is 0 Å². The van der Waals surface area contributed by atoms with Crippen molar-refractivity contribution in [3.63, 3.8) is 0 Å². The summed E-state index contributed by atoms with van der Waals surface area (Å²) in [6.45, 7) is 8.94. The lowest BCUT2D eigenvalue weighted by atomic mass is 9.79. The van der Waals surface area contributed by atoms with Crippen molar-refractivity contribution < 1.29 is 9.47 Å². The fourth-order valence-electron chi connectivity index (χ4n) is 4.46. The quantitative estimate of drug-likeness (QED) is 0.550. The van der Waals surface area contributed by atoms with Gasteiger partial charge in [-0.1, -0.05) is 64.3 Å². The predicted octanol–water partition coefficient (Wildman–Crippen LogP) is 5.41. The van der Waals surface area contributed by atoms with Crippen molar-refractivity contribution in [2.24, 2.45) is 5.41 Å². The van der Waals surface area contributed by atoms with Crippen LogP contribution in [0.3, 0.4) is 0 Å². The minimum absolute atomic E-state index is 0.160. The van der Waals surface area contributed by atoms with E-state index in [4.69, 9.17) is 9.47 Å². The Morgan fingerprint density at radius 2 is 1.57 bits per heavy atom. The van der Waals surface area contributed by atoms with Crippen LogP contribution in [0, 0.1) is 5.41 Å². The molecule has 2 aromatic rings. The molecule has 28 heavy (non-hydrogen) atoms. The van der Waals surface area contributed by atoms with Crippen molar-refractivity contribution in [2.45, 2.75) is 78.0 Å². The van der Waals surface area contributed by atoms with Gasteiger partial charge in [0.25, 0.3) is 0 Å². The van der Waals surface area contributed by atoms with Gasteiger partial charge in [-0.2, -0.15) is 0 Å². The third-order valence-corrected chi connectivity index (χ3v) is 5.86. The maximum Gasteiger partial charge on any atom is 0.190 e. The van der Waals surface area contributed by atoms with E-state index < -0.39 is 5.79 Å². The lowest BCUT2D eigenvalue weighted by Gasteiger charge is -2.46. The highest BCUT2D eigenvalue weighted by molar-refractivity contribution is 5.23. The first-order valence-electron chi connectivity index (χ1n) is 10.9. The molecule has 2 heterocycles. The van der Waals surface area contributed by atoms with Crippen LogP contribution in [0.5, 0.6) is 0 Å². The van der Waals surface area contributed by atoms with Gasteiger partial charge in [-0.3, -0.25) is 0 Å². The van der Waals surface area contributed by atoms with Crippen molar-refractivity contribution in [1.29, 1.82) is 0 Å². The van der Waals surface area contributed by atoms with Gasteiger partial charge in [0.05, 0.1) is 26.1 Å². The Hall–Kier alpha value is -1.65. The molecule has 0 aliphatic carbocycles. The van der Waals surface area contributed by atoms with E-state index in [0.717, 1.165) is 38.9 Å². The Labute approximate surface area is 170 Å². The number of aromatic nitrogens is 2. The third-order valence-electron chi connectivity index (χ3n) is 5.86. The smallest absolute Gasteiger partial charge is 0.190 e. The highest BCUT2D eigenvalue weighted by atomic mass is 16.7. The summed E-state index contributed by atoms with van der Waals surface area (Å²) in [5.41, 5.74) is 2.82. The fraction of sp³-hybridized carbons (Fsp3) is 0.625.